The lowest BCUT2D eigenvalue weighted by Crippen LogP contribution is -2.36. The first-order chi connectivity index (χ1) is 14.9. The monoisotopic (exact) mass is 436 g/mol. The zero-order chi connectivity index (χ0) is 23.1. The van der Waals surface area contributed by atoms with Crippen LogP contribution in [0.4, 0.5) is 0 Å². The summed E-state index contributed by atoms with van der Waals surface area (Å²) in [4.78, 5) is 24.2. The van der Waals surface area contributed by atoms with Crippen LogP contribution in [-0.4, -0.2) is 23.1 Å². The van der Waals surface area contributed by atoms with E-state index < -0.39 is 17.8 Å². The average Bonchev–Trinajstić information content (AvgIpc) is 2.75. The molecule has 0 aromatic rings. The lowest BCUT2D eigenvalue weighted by atomic mass is 9.83. The van der Waals surface area contributed by atoms with Crippen molar-refractivity contribution in [3.63, 3.8) is 0 Å². The molecule has 4 atom stereocenters. The quantitative estimate of drug-likeness (QED) is 0.145. The third-order valence-corrected chi connectivity index (χ3v) is 6.87. The molecule has 0 saturated carbocycles. The first kappa shape index (κ1) is 27.7. The van der Waals surface area contributed by atoms with Crippen molar-refractivity contribution in [2.75, 3.05) is 0 Å². The van der Waals surface area contributed by atoms with Gasteiger partial charge in [-0.15, -0.1) is 0 Å². The number of esters is 1. The summed E-state index contributed by atoms with van der Waals surface area (Å²) in [5.41, 5.74) is 0. The molecule has 4 nitrogen and oxygen atoms in total. The van der Waals surface area contributed by atoms with Gasteiger partial charge in [-0.2, -0.15) is 0 Å². The van der Waals surface area contributed by atoms with Crippen molar-refractivity contribution in [3.05, 3.63) is 12.2 Å². The molecule has 0 aromatic heterocycles. The van der Waals surface area contributed by atoms with Crippen LogP contribution in [0.5, 0.6) is 0 Å². The Morgan fingerprint density at radius 1 is 0.839 bits per heavy atom. The van der Waals surface area contributed by atoms with Gasteiger partial charge in [0.15, 0.2) is 0 Å². The molecular formula is C27H48O4. The van der Waals surface area contributed by atoms with Gasteiger partial charge in [-0.05, 0) is 37.5 Å². The van der Waals surface area contributed by atoms with E-state index in [0.717, 1.165) is 25.2 Å². The molecule has 31 heavy (non-hydrogen) atoms. The summed E-state index contributed by atoms with van der Waals surface area (Å²) in [6.07, 6.45) is 19.4. The Balaban J connectivity index is 2.27. The molecule has 1 aliphatic rings. The molecule has 180 valence electrons. The highest BCUT2D eigenvalue weighted by molar-refractivity contribution is 5.81. The van der Waals surface area contributed by atoms with Crippen LogP contribution in [0.2, 0.25) is 0 Å². The van der Waals surface area contributed by atoms with Gasteiger partial charge in [0.25, 0.3) is 0 Å². The van der Waals surface area contributed by atoms with Gasteiger partial charge in [0.2, 0.25) is 0 Å². The predicted molar refractivity (Wildman–Crippen MR) is 128 cm³/mol. The number of carbonyl (C=O) groups excluding carboxylic acids is 1. The maximum atomic E-state index is 12.7. The van der Waals surface area contributed by atoms with E-state index in [2.05, 4.69) is 27.7 Å². The molecule has 0 aliphatic heterocycles. The summed E-state index contributed by atoms with van der Waals surface area (Å²) in [7, 11) is 0. The topological polar surface area (TPSA) is 63.6 Å². The van der Waals surface area contributed by atoms with E-state index in [4.69, 9.17) is 4.74 Å². The van der Waals surface area contributed by atoms with E-state index in [0.29, 0.717) is 18.8 Å². The van der Waals surface area contributed by atoms with Gasteiger partial charge in [-0.3, -0.25) is 9.59 Å². The first-order valence-electron chi connectivity index (χ1n) is 12.9. The molecule has 0 radical (unpaired) electrons. The Labute approximate surface area is 191 Å². The zero-order valence-corrected chi connectivity index (χ0v) is 20.6. The second-order valence-electron chi connectivity index (χ2n) is 10.0. The summed E-state index contributed by atoms with van der Waals surface area (Å²) < 4.78 is 5.89. The third kappa shape index (κ3) is 11.8. The normalized spacial score (nSPS) is 20.5. The average molecular weight is 437 g/mol. The molecule has 1 aliphatic carbocycles. The molecular weight excluding hydrogens is 388 g/mol. The number of hydrogen-bond acceptors (Lipinski definition) is 3. The van der Waals surface area contributed by atoms with Gasteiger partial charge in [-0.25, -0.2) is 0 Å². The van der Waals surface area contributed by atoms with Crippen LogP contribution in [0, 0.1) is 23.7 Å². The van der Waals surface area contributed by atoms with Gasteiger partial charge in [0.05, 0.1) is 11.8 Å². The molecule has 0 spiro atoms. The van der Waals surface area contributed by atoms with Gasteiger partial charge in [0, 0.05) is 0 Å². The molecule has 0 bridgehead atoms. The number of carbonyl (C=O) groups is 2. The van der Waals surface area contributed by atoms with E-state index in [1.54, 1.807) is 0 Å². The molecule has 0 aromatic carbocycles. The number of allylic oxidation sites excluding steroid dienone is 2. The molecule has 1 rings (SSSR count). The van der Waals surface area contributed by atoms with Gasteiger partial charge in [0.1, 0.15) is 6.10 Å². The van der Waals surface area contributed by atoms with Gasteiger partial charge in [-0.1, -0.05) is 104 Å². The van der Waals surface area contributed by atoms with Crippen molar-refractivity contribution in [1.82, 2.24) is 0 Å². The molecule has 0 saturated heterocycles. The highest BCUT2D eigenvalue weighted by Gasteiger charge is 2.36. The van der Waals surface area contributed by atoms with Crippen LogP contribution in [0.3, 0.4) is 0 Å². The van der Waals surface area contributed by atoms with Gasteiger partial charge < -0.3 is 9.84 Å². The Hall–Kier alpha value is -1.32. The lowest BCUT2D eigenvalue weighted by Gasteiger charge is -2.28. The fraction of sp³-hybridized carbons (Fsp3) is 0.852. The minimum atomic E-state index is -0.897. The number of hydrogen-bond donors (Lipinski definition) is 1. The molecule has 1 N–H and O–H groups in total. The number of aliphatic carboxylic acids is 1. The summed E-state index contributed by atoms with van der Waals surface area (Å²) in [6.45, 7) is 8.85. The van der Waals surface area contributed by atoms with E-state index in [-0.39, 0.29) is 12.1 Å². The lowest BCUT2D eigenvalue weighted by molar-refractivity contribution is -0.164. The molecule has 0 heterocycles. The second-order valence-corrected chi connectivity index (χ2v) is 10.0. The number of unbranched alkanes of at least 4 members (excludes halogenated alkanes) is 8. The Morgan fingerprint density at radius 3 is 1.81 bits per heavy atom. The summed E-state index contributed by atoms with van der Waals surface area (Å²) in [5.74, 6) is -1.28. The summed E-state index contributed by atoms with van der Waals surface area (Å²) >= 11 is 0. The number of carboxylic acid groups (broad SMARTS) is 1. The first-order valence-corrected chi connectivity index (χ1v) is 12.9. The molecule has 0 fully saturated rings. The van der Waals surface area contributed by atoms with Crippen LogP contribution in [0.1, 0.15) is 118 Å². The van der Waals surface area contributed by atoms with Crippen molar-refractivity contribution < 1.29 is 19.4 Å². The van der Waals surface area contributed by atoms with Crippen LogP contribution in [-0.2, 0) is 14.3 Å². The summed E-state index contributed by atoms with van der Waals surface area (Å²) in [6, 6.07) is 0. The van der Waals surface area contributed by atoms with Crippen molar-refractivity contribution in [1.29, 1.82) is 0 Å². The molecule has 4 unspecified atom stereocenters. The maximum absolute atomic E-state index is 12.7. The highest BCUT2D eigenvalue weighted by Crippen LogP contribution is 2.29. The summed E-state index contributed by atoms with van der Waals surface area (Å²) in [5, 5.41) is 9.43. The number of ether oxygens (including phenoxy) is 1. The Kier molecular flexibility index (Phi) is 14.6. The van der Waals surface area contributed by atoms with Crippen molar-refractivity contribution in [2.24, 2.45) is 23.7 Å². The van der Waals surface area contributed by atoms with Crippen molar-refractivity contribution >= 4 is 11.9 Å². The zero-order valence-electron chi connectivity index (χ0n) is 20.6. The van der Waals surface area contributed by atoms with Gasteiger partial charge >= 0.3 is 11.9 Å². The predicted octanol–water partition coefficient (Wildman–Crippen LogP) is 7.56. The number of rotatable bonds is 17. The largest absolute Gasteiger partial charge is 0.481 e. The van der Waals surface area contributed by atoms with E-state index in [9.17, 15) is 14.7 Å². The smallest absolute Gasteiger partial charge is 0.310 e. The third-order valence-electron chi connectivity index (χ3n) is 6.87. The Bertz CT molecular complexity index is 525. The Morgan fingerprint density at radius 2 is 1.32 bits per heavy atom. The van der Waals surface area contributed by atoms with Crippen LogP contribution in [0.15, 0.2) is 12.2 Å². The highest BCUT2D eigenvalue weighted by atomic mass is 16.5. The van der Waals surface area contributed by atoms with E-state index >= 15 is 0 Å². The van der Waals surface area contributed by atoms with Crippen molar-refractivity contribution in [2.45, 2.75) is 124 Å². The van der Waals surface area contributed by atoms with Crippen LogP contribution < -0.4 is 0 Å². The number of carboxylic acids is 1. The fourth-order valence-electron chi connectivity index (χ4n) is 4.44. The minimum absolute atomic E-state index is 0.0983. The van der Waals surface area contributed by atoms with Crippen molar-refractivity contribution in [3.8, 4) is 0 Å². The second kappa shape index (κ2) is 16.3. The van der Waals surface area contributed by atoms with Crippen LogP contribution >= 0.6 is 0 Å². The van der Waals surface area contributed by atoms with E-state index in [1.165, 1.54) is 57.8 Å². The fourth-order valence-corrected chi connectivity index (χ4v) is 4.44. The van der Waals surface area contributed by atoms with Crippen LogP contribution in [0.25, 0.3) is 0 Å². The maximum Gasteiger partial charge on any atom is 0.310 e. The minimum Gasteiger partial charge on any atom is -0.481 e. The standard InChI is InChI=1S/C27H48O4/c1-5-22(4)25(31-27(30)24-19-16-15-18-23(24)26(28)29)20-14-12-10-8-6-7-9-11-13-17-21(2)3/h15-16,21-25H,5-14,17-20H2,1-4H3,(H,28,29). The molecule has 0 amide bonds. The molecule has 4 heteroatoms. The SMILES string of the molecule is CCC(C)C(CCCCCCCCCCCC(C)C)OC(=O)C1CC=CCC1C(=O)O. The van der Waals surface area contributed by atoms with E-state index in [1.807, 2.05) is 12.2 Å².